The average molecular weight is 801 g/mol. The van der Waals surface area contributed by atoms with Gasteiger partial charge in [0.2, 0.25) is 11.8 Å². The summed E-state index contributed by atoms with van der Waals surface area (Å²) in [6.45, 7) is 14.1. The Balaban J connectivity index is 3.46. The van der Waals surface area contributed by atoms with E-state index in [0.717, 1.165) is 5.06 Å². The Kier molecular flexibility index (Phi) is 40.2. The van der Waals surface area contributed by atoms with Gasteiger partial charge in [-0.05, 0) is 25.3 Å². The fraction of sp³-hybridized carbons (Fsp3) is 0.917. The second-order valence-electron chi connectivity index (χ2n) is 12.3. The van der Waals surface area contributed by atoms with Crippen LogP contribution in [0.4, 0.5) is 0 Å². The number of hydroxylamine groups is 2. The predicted octanol–water partition coefficient (Wildman–Crippen LogP) is -0.556. The smallest absolute Gasteiger partial charge is 0.243 e. The first-order valence-corrected chi connectivity index (χ1v) is 19.3. The Labute approximate surface area is 327 Å². The molecule has 5 N–H and O–H groups in total. The van der Waals surface area contributed by atoms with E-state index in [-0.39, 0.29) is 37.9 Å². The van der Waals surface area contributed by atoms with Gasteiger partial charge >= 0.3 is 0 Å². The topological polar surface area (TPSA) is 226 Å². The third kappa shape index (κ3) is 37.4. The standard InChI is InChI=1S/C36H72N4O15/c1-32(2)35(36(43)38-33(31-41)5-4-7-37)39-34(42)6-8-40(44)9-10-46-13-14-48-17-18-50-21-22-52-25-26-54-29-30-55-28-27-53-24-23-51-20-19-49-16-15-47-12-11-45-3/h31-33,35,44H,4-30,37H2,1-3H3,(H,38,43)(H,39,42)/t33-,35-/m0/s1. The lowest BCUT2D eigenvalue weighted by molar-refractivity contribution is -0.134. The summed E-state index contributed by atoms with van der Waals surface area (Å²) >= 11 is 0. The summed E-state index contributed by atoms with van der Waals surface area (Å²) in [5.74, 6) is -1.02. The van der Waals surface area contributed by atoms with Crippen LogP contribution in [0, 0.1) is 5.92 Å². The van der Waals surface area contributed by atoms with E-state index in [1.807, 2.05) is 0 Å². The zero-order valence-electron chi connectivity index (χ0n) is 33.6. The fourth-order valence-corrected chi connectivity index (χ4v) is 4.30. The number of methoxy groups -OCH3 is 1. The zero-order valence-corrected chi connectivity index (χ0v) is 33.6. The van der Waals surface area contributed by atoms with E-state index in [2.05, 4.69) is 10.6 Å². The number of nitrogens with one attached hydrogen (secondary N) is 2. The number of carbonyl (C=O) groups excluding carboxylic acids is 3. The van der Waals surface area contributed by atoms with Crippen molar-refractivity contribution in [3.8, 4) is 0 Å². The second kappa shape index (κ2) is 41.7. The molecule has 0 radical (unpaired) electrons. The molecule has 2 amide bonds. The number of nitrogens with zero attached hydrogens (tertiary/aromatic N) is 1. The minimum Gasteiger partial charge on any atom is -0.382 e. The first-order valence-electron chi connectivity index (χ1n) is 19.3. The van der Waals surface area contributed by atoms with Crippen LogP contribution in [0.3, 0.4) is 0 Å². The van der Waals surface area contributed by atoms with Crippen molar-refractivity contribution < 1.29 is 71.7 Å². The Hall–Kier alpha value is -1.95. The molecule has 0 fully saturated rings. The van der Waals surface area contributed by atoms with Crippen molar-refractivity contribution in [3.05, 3.63) is 0 Å². The van der Waals surface area contributed by atoms with Gasteiger partial charge in [0.05, 0.1) is 145 Å². The van der Waals surface area contributed by atoms with Crippen molar-refractivity contribution in [1.82, 2.24) is 15.7 Å². The van der Waals surface area contributed by atoms with Crippen molar-refractivity contribution in [2.45, 2.75) is 45.2 Å². The molecule has 0 bridgehead atoms. The van der Waals surface area contributed by atoms with Gasteiger partial charge in [0, 0.05) is 26.6 Å². The van der Waals surface area contributed by atoms with Gasteiger partial charge in [0.1, 0.15) is 12.3 Å². The molecule has 0 rings (SSSR count). The highest BCUT2D eigenvalue weighted by molar-refractivity contribution is 5.89. The minimum absolute atomic E-state index is 0.0175. The van der Waals surface area contributed by atoms with Gasteiger partial charge in [-0.15, -0.1) is 0 Å². The summed E-state index contributed by atoms with van der Waals surface area (Å²) in [5.41, 5.74) is 5.47. The molecule has 2 atom stereocenters. The van der Waals surface area contributed by atoms with Gasteiger partial charge in [-0.1, -0.05) is 13.8 Å². The van der Waals surface area contributed by atoms with Gasteiger partial charge in [-0.25, -0.2) is 0 Å². The van der Waals surface area contributed by atoms with E-state index in [1.165, 1.54) is 0 Å². The molecular formula is C36H72N4O15. The van der Waals surface area contributed by atoms with Crippen LogP contribution in [0.5, 0.6) is 0 Å². The first-order chi connectivity index (χ1) is 26.8. The van der Waals surface area contributed by atoms with Crippen molar-refractivity contribution in [2.24, 2.45) is 11.7 Å². The molecule has 55 heavy (non-hydrogen) atoms. The Bertz CT molecular complexity index is 866. The number of aldehydes is 1. The summed E-state index contributed by atoms with van der Waals surface area (Å²) < 4.78 is 59.3. The molecule has 0 aromatic rings. The van der Waals surface area contributed by atoms with Crippen LogP contribution < -0.4 is 16.4 Å². The van der Waals surface area contributed by atoms with E-state index in [4.69, 9.17) is 57.8 Å². The normalized spacial score (nSPS) is 12.7. The third-order valence-corrected chi connectivity index (χ3v) is 7.35. The van der Waals surface area contributed by atoms with E-state index in [1.54, 1.807) is 21.0 Å². The van der Waals surface area contributed by atoms with Gasteiger partial charge in [0.15, 0.2) is 0 Å². The number of rotatable bonds is 44. The van der Waals surface area contributed by atoms with Gasteiger partial charge < -0.3 is 78.5 Å². The lowest BCUT2D eigenvalue weighted by Crippen LogP contribution is -2.52. The molecule has 0 aliphatic carbocycles. The third-order valence-electron chi connectivity index (χ3n) is 7.35. The first kappa shape index (κ1) is 53.0. The maximum Gasteiger partial charge on any atom is 0.243 e. The summed E-state index contributed by atoms with van der Waals surface area (Å²) in [7, 11) is 1.64. The van der Waals surface area contributed by atoms with Crippen LogP contribution in [-0.4, -0.2) is 206 Å². The second-order valence-corrected chi connectivity index (χ2v) is 12.3. The Morgan fingerprint density at radius 2 is 0.964 bits per heavy atom. The van der Waals surface area contributed by atoms with Crippen molar-refractivity contribution >= 4 is 18.1 Å². The SMILES string of the molecule is COCCOCCOCCOCCOCCOCCOCCOCCOCCOCCOCCN(O)CCC(=O)N[C@H](C(=O)N[C@H](C=O)CCCN)C(C)C. The lowest BCUT2D eigenvalue weighted by atomic mass is 10.0. The molecule has 0 heterocycles. The van der Waals surface area contributed by atoms with Gasteiger partial charge in [0.25, 0.3) is 0 Å². The van der Waals surface area contributed by atoms with Crippen LogP contribution in [-0.2, 0) is 66.5 Å². The highest BCUT2D eigenvalue weighted by Crippen LogP contribution is 2.04. The van der Waals surface area contributed by atoms with Crippen LogP contribution >= 0.6 is 0 Å². The molecule has 19 heteroatoms. The monoisotopic (exact) mass is 800 g/mol. The van der Waals surface area contributed by atoms with Crippen LogP contribution in [0.25, 0.3) is 0 Å². The van der Waals surface area contributed by atoms with E-state index >= 15 is 0 Å². The van der Waals surface area contributed by atoms with E-state index in [9.17, 15) is 19.6 Å². The molecule has 0 aliphatic rings. The van der Waals surface area contributed by atoms with Crippen molar-refractivity contribution in [3.63, 3.8) is 0 Å². The van der Waals surface area contributed by atoms with Crippen molar-refractivity contribution in [1.29, 1.82) is 0 Å². The predicted molar refractivity (Wildman–Crippen MR) is 201 cm³/mol. The summed E-state index contributed by atoms with van der Waals surface area (Å²) in [6.07, 6.45) is 1.68. The van der Waals surface area contributed by atoms with Crippen molar-refractivity contribution in [2.75, 3.05) is 165 Å². The molecule has 0 aromatic carbocycles. The largest absolute Gasteiger partial charge is 0.382 e. The van der Waals surface area contributed by atoms with E-state index in [0.29, 0.717) is 158 Å². The highest BCUT2D eigenvalue weighted by Gasteiger charge is 2.26. The quantitative estimate of drug-likeness (QED) is 0.0344. The van der Waals surface area contributed by atoms with Crippen LogP contribution in [0.15, 0.2) is 0 Å². The molecule has 0 saturated carbocycles. The Morgan fingerprint density at radius 1 is 0.600 bits per heavy atom. The fourth-order valence-electron chi connectivity index (χ4n) is 4.30. The average Bonchev–Trinajstić information content (AvgIpc) is 3.17. The van der Waals surface area contributed by atoms with E-state index < -0.39 is 18.0 Å². The number of hydrogen-bond donors (Lipinski definition) is 4. The van der Waals surface area contributed by atoms with Gasteiger partial charge in [-0.2, -0.15) is 5.06 Å². The molecule has 0 aliphatic heterocycles. The summed E-state index contributed by atoms with van der Waals surface area (Å²) in [6, 6.07) is -1.46. The van der Waals surface area contributed by atoms with Gasteiger partial charge in [-0.3, -0.25) is 9.59 Å². The molecule has 0 saturated heterocycles. The number of hydrogen-bond acceptors (Lipinski definition) is 17. The zero-order chi connectivity index (χ0) is 40.5. The highest BCUT2D eigenvalue weighted by atomic mass is 16.6. The summed E-state index contributed by atoms with van der Waals surface area (Å²) in [4.78, 5) is 36.3. The molecular weight excluding hydrogens is 728 g/mol. The van der Waals surface area contributed by atoms with Crippen LogP contribution in [0.2, 0.25) is 0 Å². The molecule has 326 valence electrons. The Morgan fingerprint density at radius 3 is 1.29 bits per heavy atom. The lowest BCUT2D eigenvalue weighted by Gasteiger charge is -2.24. The summed E-state index contributed by atoms with van der Waals surface area (Å²) in [5, 5.41) is 16.4. The molecule has 0 unspecified atom stereocenters. The van der Waals surface area contributed by atoms with Crippen LogP contribution in [0.1, 0.15) is 33.1 Å². The molecule has 19 nitrogen and oxygen atoms in total. The maximum absolute atomic E-state index is 12.6. The molecule has 0 aromatic heterocycles. The number of nitrogens with two attached hydrogens (primary N) is 1. The molecule has 0 spiro atoms. The number of amides is 2. The minimum atomic E-state index is -0.805. The number of ether oxygens (including phenoxy) is 11. The maximum atomic E-state index is 12.6. The number of carbonyl (C=O) groups is 3.